The topological polar surface area (TPSA) is 47.3 Å². The van der Waals surface area contributed by atoms with Crippen LogP contribution in [0.4, 0.5) is 0 Å². The summed E-state index contributed by atoms with van der Waals surface area (Å²) in [7, 11) is 0. The number of hydrogen-bond acceptors (Lipinski definition) is 3. The van der Waals surface area contributed by atoms with Crippen LogP contribution >= 0.6 is 0 Å². The number of aliphatic hydroxyl groups is 1. The lowest BCUT2D eigenvalue weighted by molar-refractivity contribution is 0.0511. The van der Waals surface area contributed by atoms with Gasteiger partial charge in [0.2, 0.25) is 0 Å². The van der Waals surface area contributed by atoms with E-state index in [1.165, 1.54) is 6.20 Å². The SMILES string of the molecule is [2H]c1cnc(CO)n1C1CCCO1. The quantitative estimate of drug-likeness (QED) is 0.708. The number of imidazole rings is 1. The second-order valence-corrected chi connectivity index (χ2v) is 2.80. The first kappa shape index (κ1) is 6.62. The van der Waals surface area contributed by atoms with Crippen LogP contribution in [0, 0.1) is 0 Å². The van der Waals surface area contributed by atoms with Crippen LogP contribution < -0.4 is 0 Å². The number of hydrogen-bond donors (Lipinski definition) is 1. The first-order valence-electron chi connectivity index (χ1n) is 4.58. The molecule has 4 nitrogen and oxygen atoms in total. The highest BCUT2D eigenvalue weighted by atomic mass is 16.5. The van der Waals surface area contributed by atoms with Crippen LogP contribution in [0.2, 0.25) is 0 Å². The Morgan fingerprint density at radius 1 is 1.92 bits per heavy atom. The zero-order chi connectivity index (χ0) is 9.26. The maximum atomic E-state index is 8.97. The highest BCUT2D eigenvalue weighted by Crippen LogP contribution is 2.23. The number of nitrogens with zero attached hydrogens (tertiary/aromatic N) is 2. The van der Waals surface area contributed by atoms with Gasteiger partial charge in [0.25, 0.3) is 0 Å². The first-order chi connectivity index (χ1) is 6.33. The Labute approximate surface area is 72.2 Å². The van der Waals surface area contributed by atoms with Crippen LogP contribution in [0.15, 0.2) is 12.4 Å². The van der Waals surface area contributed by atoms with Crippen molar-refractivity contribution in [1.29, 1.82) is 0 Å². The molecule has 1 aliphatic heterocycles. The Morgan fingerprint density at radius 3 is 3.50 bits per heavy atom. The monoisotopic (exact) mass is 169 g/mol. The van der Waals surface area contributed by atoms with Gasteiger partial charge in [-0.1, -0.05) is 0 Å². The van der Waals surface area contributed by atoms with Gasteiger partial charge in [-0.15, -0.1) is 0 Å². The standard InChI is InChI=1S/C8H12N2O2/c11-6-7-9-3-4-10(7)8-2-1-5-12-8/h3-4,8,11H,1-2,5-6H2/i4D. The number of aromatic nitrogens is 2. The Hall–Kier alpha value is -0.870. The minimum atomic E-state index is -0.140. The molecular formula is C8H12N2O2. The van der Waals surface area contributed by atoms with Crippen LogP contribution in [0.25, 0.3) is 0 Å². The molecule has 12 heavy (non-hydrogen) atoms. The van der Waals surface area contributed by atoms with Gasteiger partial charge >= 0.3 is 0 Å². The van der Waals surface area contributed by atoms with Gasteiger partial charge in [-0.3, -0.25) is 0 Å². The Bertz CT molecular complexity index is 294. The van der Waals surface area contributed by atoms with Crippen LogP contribution in [0.5, 0.6) is 0 Å². The Balaban J connectivity index is 2.30. The molecule has 4 heteroatoms. The van der Waals surface area contributed by atoms with Crippen molar-refractivity contribution in [3.05, 3.63) is 18.2 Å². The van der Waals surface area contributed by atoms with Gasteiger partial charge < -0.3 is 14.4 Å². The summed E-state index contributed by atoms with van der Waals surface area (Å²) in [5.74, 6) is 0.511. The molecule has 2 heterocycles. The smallest absolute Gasteiger partial charge is 0.136 e. The molecule has 0 spiro atoms. The minimum absolute atomic E-state index is 0.0999. The van der Waals surface area contributed by atoms with Crippen molar-refractivity contribution in [2.24, 2.45) is 0 Å². The fourth-order valence-corrected chi connectivity index (χ4v) is 1.43. The number of aliphatic hydroxyl groups excluding tert-OH is 1. The van der Waals surface area contributed by atoms with E-state index in [-0.39, 0.29) is 12.8 Å². The van der Waals surface area contributed by atoms with Crippen LogP contribution in [0.1, 0.15) is 26.3 Å². The van der Waals surface area contributed by atoms with E-state index in [2.05, 4.69) is 4.98 Å². The molecule has 1 fully saturated rings. The van der Waals surface area contributed by atoms with E-state index >= 15 is 0 Å². The van der Waals surface area contributed by atoms with Gasteiger partial charge in [0.05, 0.1) is 1.37 Å². The summed E-state index contributed by atoms with van der Waals surface area (Å²) < 4.78 is 14.6. The van der Waals surface area contributed by atoms with Gasteiger partial charge in [-0.2, -0.15) is 0 Å². The van der Waals surface area contributed by atoms with Gasteiger partial charge in [0.15, 0.2) is 0 Å². The molecule has 66 valence electrons. The lowest BCUT2D eigenvalue weighted by Gasteiger charge is -2.12. The maximum absolute atomic E-state index is 8.97. The molecule has 0 amide bonds. The third-order valence-corrected chi connectivity index (χ3v) is 2.02. The maximum Gasteiger partial charge on any atom is 0.136 e. The van der Waals surface area contributed by atoms with Crippen molar-refractivity contribution in [1.82, 2.24) is 9.55 Å². The summed E-state index contributed by atoms with van der Waals surface area (Å²) in [6.07, 6.45) is 3.54. The van der Waals surface area contributed by atoms with Crippen LogP contribution in [-0.2, 0) is 11.3 Å². The molecule has 0 radical (unpaired) electrons. The molecule has 1 aliphatic rings. The summed E-state index contributed by atoms with van der Waals surface area (Å²) in [6.45, 7) is 0.589. The van der Waals surface area contributed by atoms with E-state index in [0.717, 1.165) is 19.4 Å². The average Bonchev–Trinajstić information content (AvgIpc) is 2.72. The van der Waals surface area contributed by atoms with Crippen molar-refractivity contribution >= 4 is 0 Å². The fourth-order valence-electron chi connectivity index (χ4n) is 1.43. The first-order valence-corrected chi connectivity index (χ1v) is 4.08. The molecule has 0 aromatic carbocycles. The molecule has 0 aliphatic carbocycles. The van der Waals surface area contributed by atoms with Crippen molar-refractivity contribution in [3.63, 3.8) is 0 Å². The van der Waals surface area contributed by atoms with Gasteiger partial charge in [0, 0.05) is 19.0 Å². The lowest BCUT2D eigenvalue weighted by Crippen LogP contribution is -2.10. The van der Waals surface area contributed by atoms with Crippen molar-refractivity contribution in [2.75, 3.05) is 6.61 Å². The predicted octanol–water partition coefficient (Wildman–Crippen LogP) is 0.684. The van der Waals surface area contributed by atoms with Crippen molar-refractivity contribution < 1.29 is 11.2 Å². The Morgan fingerprint density at radius 2 is 2.83 bits per heavy atom. The molecule has 1 unspecified atom stereocenters. The number of rotatable bonds is 2. The third kappa shape index (κ3) is 1.23. The van der Waals surface area contributed by atoms with Gasteiger partial charge in [-0.05, 0) is 12.8 Å². The largest absolute Gasteiger partial charge is 0.388 e. The lowest BCUT2D eigenvalue weighted by atomic mass is 10.3. The van der Waals surface area contributed by atoms with E-state index in [4.69, 9.17) is 11.2 Å². The van der Waals surface area contributed by atoms with E-state index in [1.807, 2.05) is 0 Å². The van der Waals surface area contributed by atoms with Crippen LogP contribution in [0.3, 0.4) is 0 Å². The normalized spacial score (nSPS) is 24.4. The fraction of sp³-hybridized carbons (Fsp3) is 0.625. The van der Waals surface area contributed by atoms with Crippen molar-refractivity contribution in [2.45, 2.75) is 25.7 Å². The average molecular weight is 169 g/mol. The van der Waals surface area contributed by atoms with E-state index < -0.39 is 0 Å². The van der Waals surface area contributed by atoms with E-state index in [0.29, 0.717) is 12.0 Å². The minimum Gasteiger partial charge on any atom is -0.388 e. The second kappa shape index (κ2) is 3.25. The van der Waals surface area contributed by atoms with Crippen LogP contribution in [-0.4, -0.2) is 21.3 Å². The molecule has 2 rings (SSSR count). The zero-order valence-corrected chi connectivity index (χ0v) is 6.73. The number of ether oxygens (including phenoxy) is 1. The summed E-state index contributed by atoms with van der Waals surface area (Å²) in [5.41, 5.74) is 0. The molecule has 1 aromatic heterocycles. The second-order valence-electron chi connectivity index (χ2n) is 2.80. The molecule has 1 atom stereocenters. The molecule has 0 bridgehead atoms. The molecular weight excluding hydrogens is 156 g/mol. The summed E-state index contributed by atoms with van der Waals surface area (Å²) in [6, 6.07) is 0. The summed E-state index contributed by atoms with van der Waals surface area (Å²) in [4.78, 5) is 3.92. The summed E-state index contributed by atoms with van der Waals surface area (Å²) in [5, 5.41) is 8.97. The molecule has 1 aromatic rings. The third-order valence-electron chi connectivity index (χ3n) is 2.02. The Kier molecular flexibility index (Phi) is 1.79. The highest BCUT2D eigenvalue weighted by molar-refractivity contribution is 4.92. The van der Waals surface area contributed by atoms with Gasteiger partial charge in [0.1, 0.15) is 18.7 Å². The van der Waals surface area contributed by atoms with Crippen molar-refractivity contribution in [3.8, 4) is 0 Å². The predicted molar refractivity (Wildman–Crippen MR) is 42.4 cm³/mol. The van der Waals surface area contributed by atoms with E-state index in [9.17, 15) is 0 Å². The molecule has 0 saturated carbocycles. The van der Waals surface area contributed by atoms with E-state index in [1.54, 1.807) is 4.57 Å². The summed E-state index contributed by atoms with van der Waals surface area (Å²) >= 11 is 0. The van der Waals surface area contributed by atoms with Gasteiger partial charge in [-0.25, -0.2) is 4.98 Å². The highest BCUT2D eigenvalue weighted by Gasteiger charge is 2.18. The zero-order valence-electron chi connectivity index (χ0n) is 7.73. The molecule has 1 N–H and O–H groups in total. The molecule has 1 saturated heterocycles.